The number of allylic oxidation sites excluding steroid dienone is 1. The first-order valence-electron chi connectivity index (χ1n) is 10.7. The van der Waals surface area contributed by atoms with Crippen LogP contribution in [0.5, 0.6) is 5.75 Å². The first kappa shape index (κ1) is 25.2. The van der Waals surface area contributed by atoms with E-state index >= 15 is 0 Å². The number of amides is 2. The predicted octanol–water partition coefficient (Wildman–Crippen LogP) is 2.54. The maximum absolute atomic E-state index is 13.4. The van der Waals surface area contributed by atoms with E-state index in [2.05, 4.69) is 5.32 Å². The zero-order valence-corrected chi connectivity index (χ0v) is 19.9. The molecule has 9 heteroatoms. The third kappa shape index (κ3) is 5.99. The number of ether oxygens (including phenoxy) is 1. The van der Waals surface area contributed by atoms with Crippen LogP contribution in [0.1, 0.15) is 39.7 Å². The Bertz CT molecular complexity index is 887. The lowest BCUT2D eigenvalue weighted by Gasteiger charge is -2.37. The van der Waals surface area contributed by atoms with Crippen LogP contribution >= 0.6 is 0 Å². The lowest BCUT2D eigenvalue weighted by molar-refractivity contribution is 0.0812. The number of hydrogen-bond donors (Lipinski definition) is 2. The smallest absolute Gasteiger partial charge is 0.317 e. The summed E-state index contributed by atoms with van der Waals surface area (Å²) in [6, 6.07) is 4.19. The van der Waals surface area contributed by atoms with Gasteiger partial charge in [-0.25, -0.2) is 13.2 Å². The van der Waals surface area contributed by atoms with Crippen molar-refractivity contribution < 1.29 is 23.1 Å². The number of aliphatic hydroxyl groups is 1. The van der Waals surface area contributed by atoms with Crippen molar-refractivity contribution in [3.63, 3.8) is 0 Å². The Morgan fingerprint density at radius 2 is 2.16 bits per heavy atom. The maximum atomic E-state index is 13.4. The van der Waals surface area contributed by atoms with Crippen molar-refractivity contribution in [2.75, 3.05) is 33.3 Å². The fourth-order valence-corrected chi connectivity index (χ4v) is 5.30. The second-order valence-corrected chi connectivity index (χ2v) is 9.92. The van der Waals surface area contributed by atoms with Crippen molar-refractivity contribution in [3.8, 4) is 5.75 Å². The van der Waals surface area contributed by atoms with Crippen molar-refractivity contribution >= 4 is 22.1 Å². The van der Waals surface area contributed by atoms with Crippen LogP contribution in [-0.4, -0.2) is 74.2 Å². The number of urea groups is 1. The average Bonchev–Trinajstić information content (AvgIpc) is 2.73. The standard InChI is InChI=1S/C22H35N3O5S/c1-6-8-18-9-10-21-19(12-18)30-20(14-24(5)22(27)23-11-7-2)16(3)13-25(17(4)15-26)31(21,28)29/h6,8-10,12,16-17,20,26H,7,11,13-15H2,1-5H3,(H,23,27)/b8-6+/t16-,17-,20+/m0/s1. The Kier molecular flexibility index (Phi) is 8.90. The van der Waals surface area contributed by atoms with Crippen molar-refractivity contribution in [2.45, 2.75) is 51.2 Å². The molecule has 0 bridgehead atoms. The zero-order chi connectivity index (χ0) is 23.2. The van der Waals surface area contributed by atoms with Gasteiger partial charge in [-0.05, 0) is 38.0 Å². The molecule has 1 aliphatic rings. The minimum absolute atomic E-state index is 0.0658. The number of benzene rings is 1. The lowest BCUT2D eigenvalue weighted by atomic mass is 10.0. The van der Waals surface area contributed by atoms with Gasteiger partial charge in [0.05, 0.1) is 13.2 Å². The molecule has 3 atom stereocenters. The molecule has 8 nitrogen and oxygen atoms in total. The third-order valence-corrected chi connectivity index (χ3v) is 7.40. The molecule has 0 unspecified atom stereocenters. The number of nitrogens with one attached hydrogen (secondary N) is 1. The number of aliphatic hydroxyl groups excluding tert-OH is 1. The number of rotatable bonds is 7. The molecule has 31 heavy (non-hydrogen) atoms. The number of carbonyl (C=O) groups excluding carboxylic acids is 1. The lowest BCUT2D eigenvalue weighted by Crippen LogP contribution is -2.51. The molecular weight excluding hydrogens is 418 g/mol. The number of hydrogen-bond acceptors (Lipinski definition) is 5. The minimum atomic E-state index is -3.87. The van der Waals surface area contributed by atoms with Crippen LogP contribution in [0.3, 0.4) is 0 Å². The van der Waals surface area contributed by atoms with E-state index in [-0.39, 0.29) is 35.7 Å². The first-order chi connectivity index (χ1) is 14.6. The number of fused-ring (bicyclic) bond motifs is 1. The van der Waals surface area contributed by atoms with Gasteiger partial charge in [-0.1, -0.05) is 32.1 Å². The van der Waals surface area contributed by atoms with Crippen LogP contribution < -0.4 is 10.1 Å². The molecule has 1 heterocycles. The van der Waals surface area contributed by atoms with E-state index in [0.717, 1.165) is 12.0 Å². The molecular formula is C22H35N3O5S. The molecule has 1 aliphatic heterocycles. The van der Waals surface area contributed by atoms with Gasteiger partial charge in [0.25, 0.3) is 0 Å². The second-order valence-electron chi connectivity index (χ2n) is 8.06. The van der Waals surface area contributed by atoms with Crippen molar-refractivity contribution in [1.29, 1.82) is 0 Å². The molecule has 174 valence electrons. The van der Waals surface area contributed by atoms with Crippen LogP contribution in [0.15, 0.2) is 29.2 Å². The summed E-state index contributed by atoms with van der Waals surface area (Å²) in [7, 11) is -2.17. The quantitative estimate of drug-likeness (QED) is 0.661. The summed E-state index contributed by atoms with van der Waals surface area (Å²) in [6.45, 7) is 8.21. The van der Waals surface area contributed by atoms with Crippen LogP contribution in [0.25, 0.3) is 6.08 Å². The van der Waals surface area contributed by atoms with Gasteiger partial charge in [0.1, 0.15) is 16.7 Å². The summed E-state index contributed by atoms with van der Waals surface area (Å²) in [6.07, 6.45) is 4.14. The highest BCUT2D eigenvalue weighted by molar-refractivity contribution is 7.89. The molecule has 1 aromatic rings. The fraction of sp³-hybridized carbons (Fsp3) is 0.591. The van der Waals surface area contributed by atoms with Crippen LogP contribution in [0, 0.1) is 5.92 Å². The predicted molar refractivity (Wildman–Crippen MR) is 121 cm³/mol. The van der Waals surface area contributed by atoms with Gasteiger partial charge in [-0.3, -0.25) is 0 Å². The van der Waals surface area contributed by atoms with E-state index in [1.807, 2.05) is 32.9 Å². The van der Waals surface area contributed by atoms with Crippen LogP contribution in [-0.2, 0) is 10.0 Å². The first-order valence-corrected chi connectivity index (χ1v) is 12.1. The zero-order valence-electron chi connectivity index (χ0n) is 19.0. The van der Waals surface area contributed by atoms with Crippen LogP contribution in [0.4, 0.5) is 4.79 Å². The largest absolute Gasteiger partial charge is 0.487 e. The number of sulfonamides is 1. The molecule has 0 radical (unpaired) electrons. The van der Waals surface area contributed by atoms with E-state index in [4.69, 9.17) is 4.74 Å². The van der Waals surface area contributed by atoms with Crippen LogP contribution in [0.2, 0.25) is 0 Å². The fourth-order valence-electron chi connectivity index (χ4n) is 3.48. The van der Waals surface area contributed by atoms with E-state index in [9.17, 15) is 18.3 Å². The molecule has 2 rings (SSSR count). The SMILES string of the molecule is C/C=C/c1ccc2c(c1)O[C@H](CN(C)C(=O)NCCC)[C@@H](C)CN([C@@H](C)CO)S2(=O)=O. The van der Waals surface area contributed by atoms with Gasteiger partial charge >= 0.3 is 6.03 Å². The minimum Gasteiger partial charge on any atom is -0.487 e. The Balaban J connectivity index is 2.47. The van der Waals surface area contributed by atoms with Gasteiger partial charge in [0.15, 0.2) is 0 Å². The van der Waals surface area contributed by atoms with Crippen molar-refractivity contribution in [2.24, 2.45) is 5.92 Å². The third-order valence-electron chi connectivity index (χ3n) is 5.38. The van der Waals surface area contributed by atoms with Gasteiger partial charge in [0, 0.05) is 32.1 Å². The molecule has 2 N–H and O–H groups in total. The molecule has 0 saturated carbocycles. The number of carbonyl (C=O) groups is 1. The summed E-state index contributed by atoms with van der Waals surface area (Å²) < 4.78 is 34.3. The second kappa shape index (κ2) is 11.0. The van der Waals surface area contributed by atoms with Gasteiger partial charge in [-0.2, -0.15) is 4.31 Å². The van der Waals surface area contributed by atoms with Gasteiger partial charge < -0.3 is 20.1 Å². The average molecular weight is 454 g/mol. The van der Waals surface area contributed by atoms with Crippen molar-refractivity contribution in [3.05, 3.63) is 29.8 Å². The molecule has 0 spiro atoms. The Labute approximate surface area is 185 Å². The highest BCUT2D eigenvalue weighted by Gasteiger charge is 2.38. The summed E-state index contributed by atoms with van der Waals surface area (Å²) in [4.78, 5) is 14.0. The van der Waals surface area contributed by atoms with E-state index in [1.54, 1.807) is 37.1 Å². The summed E-state index contributed by atoms with van der Waals surface area (Å²) in [5.41, 5.74) is 0.819. The number of likely N-dealkylation sites (N-methyl/N-ethyl adjacent to an activating group) is 1. The molecule has 0 saturated heterocycles. The van der Waals surface area contributed by atoms with E-state index in [1.165, 1.54) is 4.31 Å². The highest BCUT2D eigenvalue weighted by atomic mass is 32.2. The topological polar surface area (TPSA) is 99.2 Å². The maximum Gasteiger partial charge on any atom is 0.317 e. The van der Waals surface area contributed by atoms with E-state index < -0.39 is 22.2 Å². The monoisotopic (exact) mass is 453 g/mol. The normalized spacial score (nSPS) is 22.1. The Morgan fingerprint density at radius 1 is 1.45 bits per heavy atom. The number of nitrogens with zero attached hydrogens (tertiary/aromatic N) is 2. The molecule has 1 aromatic carbocycles. The molecule has 0 fully saturated rings. The molecule has 2 amide bonds. The summed E-state index contributed by atoms with van der Waals surface area (Å²) in [5.74, 6) is 0.0355. The van der Waals surface area contributed by atoms with Gasteiger partial charge in [-0.15, -0.1) is 0 Å². The summed E-state index contributed by atoms with van der Waals surface area (Å²) >= 11 is 0. The van der Waals surface area contributed by atoms with Gasteiger partial charge in [0.2, 0.25) is 10.0 Å². The molecule has 0 aromatic heterocycles. The Hall–Kier alpha value is -2.10. The Morgan fingerprint density at radius 3 is 2.77 bits per heavy atom. The van der Waals surface area contributed by atoms with Crippen molar-refractivity contribution in [1.82, 2.24) is 14.5 Å². The van der Waals surface area contributed by atoms with E-state index in [0.29, 0.717) is 13.1 Å². The summed E-state index contributed by atoms with van der Waals surface area (Å²) in [5, 5.41) is 12.5. The molecule has 0 aliphatic carbocycles. The highest BCUT2D eigenvalue weighted by Crippen LogP contribution is 2.34.